The van der Waals surface area contributed by atoms with Crippen molar-refractivity contribution < 1.29 is 9.90 Å². The van der Waals surface area contributed by atoms with Gasteiger partial charge in [-0.25, -0.2) is 4.79 Å². The van der Waals surface area contributed by atoms with Gasteiger partial charge in [-0.1, -0.05) is 28.1 Å². The highest BCUT2D eigenvalue weighted by atomic mass is 79.9. The summed E-state index contributed by atoms with van der Waals surface area (Å²) in [6, 6.07) is 8.87. The van der Waals surface area contributed by atoms with E-state index in [2.05, 4.69) is 15.9 Å². The number of hydrogen-bond donors (Lipinski definition) is 2. The van der Waals surface area contributed by atoms with Crippen LogP contribution in [0, 0.1) is 0 Å². The van der Waals surface area contributed by atoms with E-state index in [1.807, 2.05) is 18.2 Å². The van der Waals surface area contributed by atoms with Crippen molar-refractivity contribution >= 4 is 38.4 Å². The molecule has 0 bridgehead atoms. The average Bonchev–Trinajstić information content (AvgIpc) is 2.19. The zero-order valence-corrected chi connectivity index (χ0v) is 9.28. The van der Waals surface area contributed by atoms with Crippen molar-refractivity contribution in [3.8, 4) is 0 Å². The Labute approximate surface area is 94.6 Å². The molecule has 0 aliphatic carbocycles. The molecule has 0 aromatic heterocycles. The first-order valence-corrected chi connectivity index (χ1v) is 5.10. The Kier molecular flexibility index (Phi) is 2.36. The van der Waals surface area contributed by atoms with Crippen LogP contribution >= 0.6 is 15.9 Å². The fourth-order valence-electron chi connectivity index (χ4n) is 1.50. The number of carboxylic acids is 1. The summed E-state index contributed by atoms with van der Waals surface area (Å²) in [7, 11) is 0. The van der Waals surface area contributed by atoms with Crippen LogP contribution in [-0.2, 0) is 0 Å². The lowest BCUT2D eigenvalue weighted by atomic mass is 10.0. The number of aromatic carboxylic acids is 1. The number of anilines is 1. The van der Waals surface area contributed by atoms with Crippen molar-refractivity contribution in [3.05, 3.63) is 40.4 Å². The molecule has 76 valence electrons. The third kappa shape index (κ3) is 1.68. The lowest BCUT2D eigenvalue weighted by molar-refractivity contribution is 0.0698. The molecule has 3 N–H and O–H groups in total. The van der Waals surface area contributed by atoms with Gasteiger partial charge in [-0.2, -0.15) is 0 Å². The SMILES string of the molecule is Nc1c(C(=O)O)ccc2ccc(Br)cc12. The van der Waals surface area contributed by atoms with E-state index >= 15 is 0 Å². The van der Waals surface area contributed by atoms with Gasteiger partial charge in [-0.05, 0) is 23.6 Å². The molecule has 2 aromatic carbocycles. The number of halogens is 1. The third-order valence-electron chi connectivity index (χ3n) is 2.26. The van der Waals surface area contributed by atoms with Gasteiger partial charge in [0.1, 0.15) is 0 Å². The fourth-order valence-corrected chi connectivity index (χ4v) is 1.86. The van der Waals surface area contributed by atoms with Crippen LogP contribution in [0.1, 0.15) is 10.4 Å². The van der Waals surface area contributed by atoms with Gasteiger partial charge < -0.3 is 10.8 Å². The molecule has 0 aliphatic heterocycles. The molecule has 0 spiro atoms. The van der Waals surface area contributed by atoms with Crippen molar-refractivity contribution in [1.82, 2.24) is 0 Å². The molecule has 0 atom stereocenters. The lowest BCUT2D eigenvalue weighted by Crippen LogP contribution is -2.02. The van der Waals surface area contributed by atoms with Gasteiger partial charge in [0, 0.05) is 9.86 Å². The minimum atomic E-state index is -1.01. The largest absolute Gasteiger partial charge is 0.478 e. The normalized spacial score (nSPS) is 10.5. The number of benzene rings is 2. The topological polar surface area (TPSA) is 63.3 Å². The summed E-state index contributed by atoms with van der Waals surface area (Å²) in [4.78, 5) is 10.9. The Morgan fingerprint density at radius 3 is 2.60 bits per heavy atom. The maximum absolute atomic E-state index is 10.9. The fraction of sp³-hybridized carbons (Fsp3) is 0. The van der Waals surface area contributed by atoms with Crippen LogP contribution < -0.4 is 5.73 Å². The molecule has 2 rings (SSSR count). The molecule has 0 amide bonds. The van der Waals surface area contributed by atoms with Crippen molar-refractivity contribution in [2.75, 3.05) is 5.73 Å². The second-order valence-electron chi connectivity index (χ2n) is 3.20. The van der Waals surface area contributed by atoms with Gasteiger partial charge in [0.15, 0.2) is 0 Å². The second kappa shape index (κ2) is 3.55. The van der Waals surface area contributed by atoms with Crippen LogP contribution in [-0.4, -0.2) is 11.1 Å². The number of carboxylic acid groups (broad SMARTS) is 1. The highest BCUT2D eigenvalue weighted by Crippen LogP contribution is 2.27. The molecule has 2 aromatic rings. The molecule has 0 saturated carbocycles. The number of hydrogen-bond acceptors (Lipinski definition) is 2. The highest BCUT2D eigenvalue weighted by molar-refractivity contribution is 9.10. The first-order chi connectivity index (χ1) is 7.09. The van der Waals surface area contributed by atoms with Crippen LogP contribution in [0.5, 0.6) is 0 Å². The van der Waals surface area contributed by atoms with Crippen LogP contribution in [0.25, 0.3) is 10.8 Å². The second-order valence-corrected chi connectivity index (χ2v) is 4.11. The first kappa shape index (κ1) is 9.98. The third-order valence-corrected chi connectivity index (χ3v) is 2.75. The molecule has 0 saturated heterocycles. The molecule has 0 aliphatic rings. The van der Waals surface area contributed by atoms with Crippen LogP contribution in [0.15, 0.2) is 34.8 Å². The summed E-state index contributed by atoms with van der Waals surface area (Å²) in [6.45, 7) is 0. The Morgan fingerprint density at radius 1 is 1.27 bits per heavy atom. The van der Waals surface area contributed by atoms with E-state index in [-0.39, 0.29) is 5.56 Å². The van der Waals surface area contributed by atoms with Gasteiger partial charge in [0.05, 0.1) is 11.3 Å². The van der Waals surface area contributed by atoms with Gasteiger partial charge in [0.2, 0.25) is 0 Å². The molecule has 0 unspecified atom stereocenters. The summed E-state index contributed by atoms with van der Waals surface area (Å²) in [6.07, 6.45) is 0. The zero-order chi connectivity index (χ0) is 11.0. The minimum absolute atomic E-state index is 0.139. The number of rotatable bonds is 1. The van der Waals surface area contributed by atoms with Crippen molar-refractivity contribution in [2.45, 2.75) is 0 Å². The van der Waals surface area contributed by atoms with Gasteiger partial charge in [0.25, 0.3) is 0 Å². The predicted octanol–water partition coefficient (Wildman–Crippen LogP) is 2.88. The number of fused-ring (bicyclic) bond motifs is 1. The number of nitrogen functional groups attached to an aromatic ring is 1. The molecule has 4 heteroatoms. The molecule has 0 fully saturated rings. The number of carbonyl (C=O) groups is 1. The Morgan fingerprint density at radius 2 is 1.93 bits per heavy atom. The summed E-state index contributed by atoms with van der Waals surface area (Å²) in [5.41, 5.74) is 6.23. The maximum atomic E-state index is 10.9. The highest BCUT2D eigenvalue weighted by Gasteiger charge is 2.10. The molecule has 15 heavy (non-hydrogen) atoms. The van der Waals surface area contributed by atoms with Crippen LogP contribution in [0.2, 0.25) is 0 Å². The van der Waals surface area contributed by atoms with E-state index in [1.165, 1.54) is 6.07 Å². The number of nitrogens with two attached hydrogens (primary N) is 1. The van der Waals surface area contributed by atoms with Crippen molar-refractivity contribution in [3.63, 3.8) is 0 Å². The maximum Gasteiger partial charge on any atom is 0.337 e. The summed E-state index contributed by atoms with van der Waals surface area (Å²) < 4.78 is 0.879. The Bertz CT molecular complexity index is 552. The smallest absolute Gasteiger partial charge is 0.337 e. The summed E-state index contributed by atoms with van der Waals surface area (Å²) in [5, 5.41) is 10.6. The monoisotopic (exact) mass is 265 g/mol. The van der Waals surface area contributed by atoms with Gasteiger partial charge in [-0.3, -0.25) is 0 Å². The summed E-state index contributed by atoms with van der Waals surface area (Å²) >= 11 is 3.33. The van der Waals surface area contributed by atoms with E-state index in [0.717, 1.165) is 15.2 Å². The molecular weight excluding hydrogens is 258 g/mol. The van der Waals surface area contributed by atoms with E-state index < -0.39 is 5.97 Å². The standard InChI is InChI=1S/C11H8BrNO2/c12-7-3-1-6-2-4-8(11(14)15)10(13)9(6)5-7/h1-5H,13H2,(H,14,15). The van der Waals surface area contributed by atoms with E-state index in [1.54, 1.807) is 6.07 Å². The first-order valence-electron chi connectivity index (χ1n) is 4.30. The lowest BCUT2D eigenvalue weighted by Gasteiger charge is -2.05. The minimum Gasteiger partial charge on any atom is -0.478 e. The van der Waals surface area contributed by atoms with E-state index in [0.29, 0.717) is 5.69 Å². The zero-order valence-electron chi connectivity index (χ0n) is 7.70. The van der Waals surface area contributed by atoms with Crippen molar-refractivity contribution in [2.24, 2.45) is 0 Å². The van der Waals surface area contributed by atoms with Crippen LogP contribution in [0.3, 0.4) is 0 Å². The Balaban J connectivity index is 2.82. The van der Waals surface area contributed by atoms with E-state index in [9.17, 15) is 4.79 Å². The summed E-state index contributed by atoms with van der Waals surface area (Å²) in [5.74, 6) is -1.01. The molecule has 3 nitrogen and oxygen atoms in total. The van der Waals surface area contributed by atoms with E-state index in [4.69, 9.17) is 10.8 Å². The predicted molar refractivity (Wildman–Crippen MR) is 63.0 cm³/mol. The van der Waals surface area contributed by atoms with Gasteiger partial charge in [-0.15, -0.1) is 0 Å². The Hall–Kier alpha value is -1.55. The molecule has 0 heterocycles. The molecular formula is C11H8BrNO2. The van der Waals surface area contributed by atoms with Crippen molar-refractivity contribution in [1.29, 1.82) is 0 Å². The van der Waals surface area contributed by atoms with Gasteiger partial charge >= 0.3 is 5.97 Å². The molecule has 0 radical (unpaired) electrons. The quantitative estimate of drug-likeness (QED) is 0.780. The average molecular weight is 266 g/mol. The van der Waals surface area contributed by atoms with Crippen LogP contribution in [0.4, 0.5) is 5.69 Å².